The third-order valence-corrected chi connectivity index (χ3v) is 3.32. The van der Waals surface area contributed by atoms with Crippen LogP contribution in [0.25, 0.3) is 0 Å². The van der Waals surface area contributed by atoms with Crippen molar-refractivity contribution < 1.29 is 19.2 Å². The summed E-state index contributed by atoms with van der Waals surface area (Å²) in [4.78, 5) is 13.2. The molecule has 1 N–H and O–H groups in total. The van der Waals surface area contributed by atoms with Crippen molar-refractivity contribution in [2.45, 2.75) is 25.9 Å². The van der Waals surface area contributed by atoms with Crippen LogP contribution in [0.15, 0.2) is 30.3 Å². The third-order valence-electron chi connectivity index (χ3n) is 3.32. The highest BCUT2D eigenvalue weighted by atomic mass is 16.6. The lowest BCUT2D eigenvalue weighted by Crippen LogP contribution is -3.11. The van der Waals surface area contributed by atoms with Gasteiger partial charge in [-0.1, -0.05) is 18.2 Å². The minimum absolute atomic E-state index is 0.0241. The Morgan fingerprint density at radius 2 is 1.95 bits per heavy atom. The Labute approximate surface area is 114 Å². The molecule has 104 valence electrons. The summed E-state index contributed by atoms with van der Waals surface area (Å²) >= 11 is 0. The Morgan fingerprint density at radius 1 is 1.26 bits per heavy atom. The Balaban J connectivity index is 1.66. The predicted molar refractivity (Wildman–Crippen MR) is 72.3 cm³/mol. The molecule has 19 heavy (non-hydrogen) atoms. The first-order chi connectivity index (χ1) is 9.24. The van der Waals surface area contributed by atoms with Gasteiger partial charge < -0.3 is 14.4 Å². The van der Waals surface area contributed by atoms with Crippen LogP contribution in [0.5, 0.6) is 5.75 Å². The number of hydrogen-bond acceptors (Lipinski definition) is 3. The van der Waals surface area contributed by atoms with Gasteiger partial charge in [-0.25, -0.2) is 4.79 Å². The number of para-hydroxylation sites is 1. The Kier molecular flexibility index (Phi) is 5.21. The van der Waals surface area contributed by atoms with Gasteiger partial charge in [0.25, 0.3) is 0 Å². The molecule has 1 atom stereocenters. The highest BCUT2D eigenvalue weighted by molar-refractivity contribution is 5.71. The summed E-state index contributed by atoms with van der Waals surface area (Å²) in [6.45, 7) is 5.22. The van der Waals surface area contributed by atoms with Crippen molar-refractivity contribution in [3.8, 4) is 5.75 Å². The van der Waals surface area contributed by atoms with E-state index in [1.165, 1.54) is 30.8 Å². The maximum atomic E-state index is 11.6. The van der Waals surface area contributed by atoms with Crippen LogP contribution in [0.3, 0.4) is 0 Å². The zero-order chi connectivity index (χ0) is 13.5. The molecule has 0 unspecified atom stereocenters. The largest absolute Gasteiger partial charge is 0.482 e. The quantitative estimate of drug-likeness (QED) is 0.768. The molecule has 0 spiro atoms. The summed E-state index contributed by atoms with van der Waals surface area (Å²) in [5.74, 6) is 0.396. The van der Waals surface area contributed by atoms with E-state index < -0.39 is 0 Å². The van der Waals surface area contributed by atoms with Gasteiger partial charge in [0.1, 0.15) is 18.4 Å². The van der Waals surface area contributed by atoms with Crippen molar-refractivity contribution in [1.82, 2.24) is 0 Å². The van der Waals surface area contributed by atoms with Crippen LogP contribution in [0.1, 0.15) is 19.8 Å². The SMILES string of the molecule is C[C@H](C[NH+]1CCCC1)OC(=O)COc1ccccc1. The van der Waals surface area contributed by atoms with Gasteiger partial charge in [-0.3, -0.25) is 0 Å². The first kappa shape index (κ1) is 13.9. The van der Waals surface area contributed by atoms with Crippen LogP contribution in [-0.4, -0.2) is 38.3 Å². The lowest BCUT2D eigenvalue weighted by molar-refractivity contribution is -0.890. The highest BCUT2D eigenvalue weighted by Crippen LogP contribution is 2.08. The summed E-state index contributed by atoms with van der Waals surface area (Å²) in [6, 6.07) is 9.31. The summed E-state index contributed by atoms with van der Waals surface area (Å²) in [7, 11) is 0. The average molecular weight is 264 g/mol. The molecule has 1 aromatic rings. The molecular formula is C15H22NO3+. The van der Waals surface area contributed by atoms with Crippen molar-refractivity contribution in [2.75, 3.05) is 26.2 Å². The fourth-order valence-electron chi connectivity index (χ4n) is 2.44. The molecule has 0 bridgehead atoms. The van der Waals surface area contributed by atoms with Crippen molar-refractivity contribution in [3.63, 3.8) is 0 Å². The molecule has 2 rings (SSSR count). The van der Waals surface area contributed by atoms with Crippen LogP contribution in [0, 0.1) is 0 Å². The first-order valence-corrected chi connectivity index (χ1v) is 6.95. The minimum atomic E-state index is -0.296. The minimum Gasteiger partial charge on any atom is -0.482 e. The van der Waals surface area contributed by atoms with Crippen LogP contribution < -0.4 is 9.64 Å². The van der Waals surface area contributed by atoms with Gasteiger partial charge in [-0.05, 0) is 19.1 Å². The molecular weight excluding hydrogens is 242 g/mol. The number of rotatable bonds is 6. The second kappa shape index (κ2) is 7.14. The van der Waals surface area contributed by atoms with E-state index >= 15 is 0 Å². The molecule has 1 aromatic carbocycles. The molecule has 1 aliphatic rings. The molecule has 0 aliphatic carbocycles. The van der Waals surface area contributed by atoms with Crippen molar-refractivity contribution in [3.05, 3.63) is 30.3 Å². The standard InChI is InChI=1S/C15H21NO3/c1-13(11-16-9-5-6-10-16)19-15(17)12-18-14-7-3-2-4-8-14/h2-4,7-8,13H,5-6,9-12H2,1H3/p+1/t13-/m1/s1. The number of carbonyl (C=O) groups excluding carboxylic acids is 1. The topological polar surface area (TPSA) is 40.0 Å². The van der Waals surface area contributed by atoms with Crippen molar-refractivity contribution >= 4 is 5.97 Å². The molecule has 1 saturated heterocycles. The Hall–Kier alpha value is -1.55. The summed E-state index contributed by atoms with van der Waals surface area (Å²) in [5, 5.41) is 0. The number of hydrogen-bond donors (Lipinski definition) is 1. The van der Waals surface area contributed by atoms with E-state index in [0.29, 0.717) is 5.75 Å². The van der Waals surface area contributed by atoms with E-state index in [1.807, 2.05) is 37.3 Å². The number of carbonyl (C=O) groups is 1. The lowest BCUT2D eigenvalue weighted by atomic mass is 10.3. The second-order valence-electron chi connectivity index (χ2n) is 5.06. The van der Waals surface area contributed by atoms with Gasteiger partial charge >= 0.3 is 5.97 Å². The smallest absolute Gasteiger partial charge is 0.344 e. The fraction of sp³-hybridized carbons (Fsp3) is 0.533. The van der Waals surface area contributed by atoms with Gasteiger partial charge in [0, 0.05) is 12.8 Å². The number of ether oxygens (including phenoxy) is 2. The maximum Gasteiger partial charge on any atom is 0.344 e. The zero-order valence-corrected chi connectivity index (χ0v) is 11.4. The Bertz CT molecular complexity index is 388. The van der Waals surface area contributed by atoms with Crippen molar-refractivity contribution in [2.24, 2.45) is 0 Å². The Morgan fingerprint density at radius 3 is 2.63 bits per heavy atom. The van der Waals surface area contributed by atoms with Gasteiger partial charge in [0.05, 0.1) is 13.1 Å². The van der Waals surface area contributed by atoms with Crippen molar-refractivity contribution in [1.29, 1.82) is 0 Å². The number of likely N-dealkylation sites (tertiary alicyclic amines) is 1. The van der Waals surface area contributed by atoms with E-state index in [-0.39, 0.29) is 18.7 Å². The van der Waals surface area contributed by atoms with E-state index in [2.05, 4.69) is 0 Å². The monoisotopic (exact) mass is 264 g/mol. The summed E-state index contributed by atoms with van der Waals surface area (Å²) in [5.41, 5.74) is 0. The molecule has 0 amide bonds. The predicted octanol–water partition coefficient (Wildman–Crippen LogP) is 0.676. The number of esters is 1. The van der Waals surface area contributed by atoms with Gasteiger partial charge in [-0.2, -0.15) is 0 Å². The summed E-state index contributed by atoms with van der Waals surface area (Å²) in [6.07, 6.45) is 2.53. The molecule has 0 aromatic heterocycles. The van der Waals surface area contributed by atoms with Crippen LogP contribution in [0.4, 0.5) is 0 Å². The third kappa shape index (κ3) is 4.91. The first-order valence-electron chi connectivity index (χ1n) is 6.95. The molecule has 0 saturated carbocycles. The normalized spacial score (nSPS) is 17.1. The molecule has 4 heteroatoms. The van der Waals surface area contributed by atoms with Gasteiger partial charge in [-0.15, -0.1) is 0 Å². The second-order valence-corrected chi connectivity index (χ2v) is 5.06. The van der Waals surface area contributed by atoms with E-state index in [0.717, 1.165) is 6.54 Å². The van der Waals surface area contributed by atoms with E-state index in [4.69, 9.17) is 9.47 Å². The lowest BCUT2D eigenvalue weighted by Gasteiger charge is -2.18. The molecule has 1 fully saturated rings. The summed E-state index contributed by atoms with van der Waals surface area (Å²) < 4.78 is 10.7. The van der Waals surface area contributed by atoms with Gasteiger partial charge in [0.15, 0.2) is 6.61 Å². The molecule has 1 heterocycles. The molecule has 4 nitrogen and oxygen atoms in total. The van der Waals surface area contributed by atoms with Gasteiger partial charge in [0.2, 0.25) is 0 Å². The van der Waals surface area contributed by atoms with E-state index in [1.54, 1.807) is 0 Å². The number of benzene rings is 1. The maximum absolute atomic E-state index is 11.6. The molecule has 0 radical (unpaired) electrons. The van der Waals surface area contributed by atoms with Crippen LogP contribution >= 0.6 is 0 Å². The number of quaternary nitrogens is 1. The average Bonchev–Trinajstić information content (AvgIpc) is 2.90. The zero-order valence-electron chi connectivity index (χ0n) is 11.4. The van der Waals surface area contributed by atoms with Crippen LogP contribution in [0.2, 0.25) is 0 Å². The molecule has 1 aliphatic heterocycles. The number of nitrogens with one attached hydrogen (secondary N) is 1. The van der Waals surface area contributed by atoms with Crippen LogP contribution in [-0.2, 0) is 9.53 Å². The fourth-order valence-corrected chi connectivity index (χ4v) is 2.44. The highest BCUT2D eigenvalue weighted by Gasteiger charge is 2.20. The van der Waals surface area contributed by atoms with E-state index in [9.17, 15) is 4.79 Å².